The summed E-state index contributed by atoms with van der Waals surface area (Å²) in [6.07, 6.45) is 5.69. The van der Waals surface area contributed by atoms with Gasteiger partial charge in [0.1, 0.15) is 5.82 Å². The Hall–Kier alpha value is -4.39. The third kappa shape index (κ3) is 7.19. The molecule has 0 radical (unpaired) electrons. The van der Waals surface area contributed by atoms with Crippen LogP contribution in [-0.2, 0) is 23.1 Å². The molecule has 2 fully saturated rings. The summed E-state index contributed by atoms with van der Waals surface area (Å²) < 4.78 is 1.79. The van der Waals surface area contributed by atoms with E-state index in [1.54, 1.807) is 4.68 Å². The first-order valence-electron chi connectivity index (χ1n) is 16.6. The zero-order valence-electron chi connectivity index (χ0n) is 28.1. The molecule has 4 aromatic rings. The molecule has 240 valence electrons. The number of nitrogens with one attached hydrogen (secondary N) is 2. The predicted octanol–water partition coefficient (Wildman–Crippen LogP) is 8.29. The smallest absolute Gasteiger partial charge is 0.324 e. The van der Waals surface area contributed by atoms with Crippen molar-refractivity contribution in [2.45, 2.75) is 97.6 Å². The summed E-state index contributed by atoms with van der Waals surface area (Å²) in [5.41, 5.74) is 8.30. The van der Waals surface area contributed by atoms with E-state index in [4.69, 9.17) is 5.10 Å². The first-order chi connectivity index (χ1) is 21.9. The zero-order valence-corrected chi connectivity index (χ0v) is 28.1. The maximum Gasteiger partial charge on any atom is 0.324 e. The zero-order chi connectivity index (χ0) is 32.6. The molecule has 46 heavy (non-hydrogen) atoms. The third-order valence-electron chi connectivity index (χ3n) is 9.46. The fourth-order valence-electron chi connectivity index (χ4n) is 7.41. The van der Waals surface area contributed by atoms with Crippen LogP contribution >= 0.6 is 0 Å². The predicted molar refractivity (Wildman–Crippen MR) is 186 cm³/mol. The Balaban J connectivity index is 1.09. The average molecular weight is 618 g/mol. The van der Waals surface area contributed by atoms with E-state index in [1.165, 1.54) is 22.3 Å². The molecule has 6 rings (SSSR count). The van der Waals surface area contributed by atoms with Gasteiger partial charge in [0, 0.05) is 29.3 Å². The quantitative estimate of drug-likeness (QED) is 0.219. The number of aryl methyl sites for hydroxylation is 3. The van der Waals surface area contributed by atoms with Crippen LogP contribution in [0.5, 0.6) is 0 Å². The number of fused-ring (bicyclic) bond motifs is 2. The van der Waals surface area contributed by atoms with Crippen molar-refractivity contribution in [3.8, 4) is 5.69 Å². The summed E-state index contributed by atoms with van der Waals surface area (Å²) in [7, 11) is 0. The second-order valence-corrected chi connectivity index (χ2v) is 14.6. The van der Waals surface area contributed by atoms with Crippen LogP contribution in [0.3, 0.4) is 0 Å². The van der Waals surface area contributed by atoms with Crippen LogP contribution in [-0.4, -0.2) is 38.7 Å². The second kappa shape index (κ2) is 12.8. The Bertz CT molecular complexity index is 1700. The number of carbonyl (C=O) groups is 2. The third-order valence-corrected chi connectivity index (χ3v) is 9.46. The maximum absolute atomic E-state index is 13.4. The van der Waals surface area contributed by atoms with E-state index in [2.05, 4.69) is 87.4 Å². The summed E-state index contributed by atoms with van der Waals surface area (Å²) in [4.78, 5) is 28.9. The second-order valence-electron chi connectivity index (χ2n) is 14.6. The van der Waals surface area contributed by atoms with Gasteiger partial charge in [0.2, 0.25) is 5.91 Å². The number of anilines is 2. The Labute approximate surface area is 273 Å². The van der Waals surface area contributed by atoms with Crippen molar-refractivity contribution >= 4 is 23.4 Å². The number of benzene rings is 3. The van der Waals surface area contributed by atoms with Crippen molar-refractivity contribution in [1.82, 2.24) is 14.7 Å². The fourth-order valence-corrected chi connectivity index (χ4v) is 7.41. The van der Waals surface area contributed by atoms with Gasteiger partial charge in [0.25, 0.3) is 0 Å². The summed E-state index contributed by atoms with van der Waals surface area (Å²) in [5, 5.41) is 10.9. The lowest BCUT2D eigenvalue weighted by Gasteiger charge is -2.39. The Morgan fingerprint density at radius 1 is 0.804 bits per heavy atom. The molecule has 0 spiro atoms. The lowest BCUT2D eigenvalue weighted by molar-refractivity contribution is -0.135. The minimum atomic E-state index is -0.306. The minimum Gasteiger partial charge on any atom is -0.336 e. The van der Waals surface area contributed by atoms with E-state index in [1.807, 2.05) is 42.5 Å². The summed E-state index contributed by atoms with van der Waals surface area (Å²) in [6.45, 7) is 12.6. The first-order valence-corrected chi connectivity index (χ1v) is 16.6. The molecule has 0 saturated carbocycles. The SMILES string of the molecule is Cc1ccc(-n2nc(C(C)(C)C)cc2NC(=O)Nc2cccc(CC3CC4CCC(C3)N4C(=O)Cc3cc(C)cc(C)c3)c2)cc1. The molecule has 7 nitrogen and oxygen atoms in total. The Morgan fingerprint density at radius 3 is 2.13 bits per heavy atom. The highest BCUT2D eigenvalue weighted by Gasteiger charge is 2.42. The van der Waals surface area contributed by atoms with Gasteiger partial charge in [-0.15, -0.1) is 0 Å². The maximum atomic E-state index is 13.4. The number of aromatic nitrogens is 2. The van der Waals surface area contributed by atoms with Gasteiger partial charge < -0.3 is 10.2 Å². The highest BCUT2D eigenvalue weighted by Crippen LogP contribution is 2.40. The van der Waals surface area contributed by atoms with Crippen LogP contribution in [0.25, 0.3) is 5.69 Å². The van der Waals surface area contributed by atoms with E-state index in [-0.39, 0.29) is 17.4 Å². The number of rotatable bonds is 7. The molecule has 3 amide bonds. The van der Waals surface area contributed by atoms with Crippen molar-refractivity contribution in [1.29, 1.82) is 0 Å². The van der Waals surface area contributed by atoms with E-state index < -0.39 is 0 Å². The average Bonchev–Trinajstić information content (AvgIpc) is 3.51. The number of nitrogens with zero attached hydrogens (tertiary/aromatic N) is 3. The standard InChI is InChI=1S/C39H47N5O2/c1-25-10-12-32(13-11-25)44-36(24-35(42-44)39(4,5)6)41-38(46)40-31-9-7-8-28(20-31)19-30-21-33-14-15-34(22-30)43(33)37(45)23-29-17-26(2)16-27(3)18-29/h7-13,16-18,20,24,30,33-34H,14-15,19,21-23H2,1-6H3,(H2,40,41,46). The normalized spacial score (nSPS) is 19.3. The molecule has 3 aromatic carbocycles. The largest absolute Gasteiger partial charge is 0.336 e. The molecule has 2 aliphatic rings. The molecule has 0 aliphatic carbocycles. The van der Waals surface area contributed by atoms with Gasteiger partial charge in [-0.3, -0.25) is 10.1 Å². The van der Waals surface area contributed by atoms with Gasteiger partial charge >= 0.3 is 6.03 Å². The van der Waals surface area contributed by atoms with Gasteiger partial charge in [0.15, 0.2) is 0 Å². The number of urea groups is 1. The van der Waals surface area contributed by atoms with E-state index >= 15 is 0 Å². The summed E-state index contributed by atoms with van der Waals surface area (Å²) >= 11 is 0. The van der Waals surface area contributed by atoms with Crippen molar-refractivity contribution in [3.05, 3.63) is 106 Å². The van der Waals surface area contributed by atoms with Gasteiger partial charge in [0.05, 0.1) is 17.8 Å². The molecule has 1 aromatic heterocycles. The lowest BCUT2D eigenvalue weighted by atomic mass is 9.85. The molecule has 2 atom stereocenters. The molecule has 2 N–H and O–H groups in total. The summed E-state index contributed by atoms with van der Waals surface area (Å²) in [6, 6.07) is 25.0. The Kier molecular flexibility index (Phi) is 8.78. The number of piperidine rings is 1. The van der Waals surface area contributed by atoms with Crippen LogP contribution < -0.4 is 10.6 Å². The van der Waals surface area contributed by atoms with Gasteiger partial charge in [-0.25, -0.2) is 9.48 Å². The summed E-state index contributed by atoms with van der Waals surface area (Å²) in [5.74, 6) is 1.41. The number of amides is 3. The van der Waals surface area contributed by atoms with E-state index in [0.717, 1.165) is 54.7 Å². The van der Waals surface area contributed by atoms with Crippen LogP contribution in [0.4, 0.5) is 16.3 Å². The monoisotopic (exact) mass is 617 g/mol. The highest BCUT2D eigenvalue weighted by atomic mass is 16.2. The Morgan fingerprint density at radius 2 is 1.48 bits per heavy atom. The molecule has 2 aliphatic heterocycles. The van der Waals surface area contributed by atoms with Crippen molar-refractivity contribution in [2.75, 3.05) is 10.6 Å². The molecule has 2 bridgehead atoms. The van der Waals surface area contributed by atoms with Crippen LogP contribution in [0, 0.1) is 26.7 Å². The van der Waals surface area contributed by atoms with Gasteiger partial charge in [-0.05, 0) is 94.2 Å². The molecular formula is C39H47N5O2. The molecule has 3 heterocycles. The molecule has 2 saturated heterocycles. The van der Waals surface area contributed by atoms with Gasteiger partial charge in [-0.1, -0.05) is 79.9 Å². The topological polar surface area (TPSA) is 79.3 Å². The highest BCUT2D eigenvalue weighted by molar-refractivity contribution is 5.99. The van der Waals surface area contributed by atoms with Crippen LogP contribution in [0.15, 0.2) is 72.8 Å². The number of hydrogen-bond acceptors (Lipinski definition) is 3. The van der Waals surface area contributed by atoms with Crippen molar-refractivity contribution < 1.29 is 9.59 Å². The lowest BCUT2D eigenvalue weighted by Crippen LogP contribution is -2.47. The van der Waals surface area contributed by atoms with E-state index in [0.29, 0.717) is 30.2 Å². The fraction of sp³-hybridized carbons (Fsp3) is 0.410. The minimum absolute atomic E-state index is 0.166. The molecule has 2 unspecified atom stereocenters. The molecule has 7 heteroatoms. The number of carbonyl (C=O) groups excluding carboxylic acids is 2. The van der Waals surface area contributed by atoms with Crippen LogP contribution in [0.1, 0.15) is 80.0 Å². The number of hydrogen-bond donors (Lipinski definition) is 2. The van der Waals surface area contributed by atoms with Crippen LogP contribution in [0.2, 0.25) is 0 Å². The molecular weight excluding hydrogens is 570 g/mol. The van der Waals surface area contributed by atoms with Gasteiger partial charge in [-0.2, -0.15) is 5.10 Å². The first kappa shape index (κ1) is 31.6. The van der Waals surface area contributed by atoms with E-state index in [9.17, 15) is 9.59 Å². The van der Waals surface area contributed by atoms with Crippen molar-refractivity contribution in [2.24, 2.45) is 5.92 Å². The van der Waals surface area contributed by atoms with Crippen molar-refractivity contribution in [3.63, 3.8) is 0 Å².